The van der Waals surface area contributed by atoms with Gasteiger partial charge in [-0.25, -0.2) is 0 Å². The number of fused-ring (bicyclic) bond motifs is 5. The van der Waals surface area contributed by atoms with Crippen molar-refractivity contribution < 1.29 is 9.53 Å². The minimum atomic E-state index is 0.0717. The van der Waals surface area contributed by atoms with Gasteiger partial charge in [0.2, 0.25) is 0 Å². The average Bonchev–Trinajstić information content (AvgIpc) is 3.18. The lowest BCUT2D eigenvalue weighted by Gasteiger charge is -2.47. The smallest absolute Gasteiger partial charge is 0.253 e. The Morgan fingerprint density at radius 1 is 1.21 bits per heavy atom. The SMILES string of the molecule is CN(C)C[C@H]1[C@H]2C[C@H](CN(C(=O)c3ccc4c(c3)CCO4)C2)c2cccc(=O)n21. The second-order valence-electron chi connectivity index (χ2n) is 8.81. The van der Waals surface area contributed by atoms with Crippen molar-refractivity contribution in [1.82, 2.24) is 14.4 Å². The van der Waals surface area contributed by atoms with Crippen molar-refractivity contribution in [3.63, 3.8) is 0 Å². The topological polar surface area (TPSA) is 54.8 Å². The molecule has 1 amide bonds. The molecule has 1 aromatic carbocycles. The van der Waals surface area contributed by atoms with Gasteiger partial charge >= 0.3 is 0 Å². The molecule has 0 spiro atoms. The van der Waals surface area contributed by atoms with Crippen LogP contribution in [0.1, 0.15) is 40.0 Å². The van der Waals surface area contributed by atoms with Crippen LogP contribution in [0.4, 0.5) is 0 Å². The van der Waals surface area contributed by atoms with Gasteiger partial charge in [0.15, 0.2) is 0 Å². The predicted molar refractivity (Wildman–Crippen MR) is 111 cm³/mol. The highest BCUT2D eigenvalue weighted by Gasteiger charge is 2.42. The molecule has 3 atom stereocenters. The Bertz CT molecular complexity index is 1010. The van der Waals surface area contributed by atoms with Gasteiger partial charge < -0.3 is 19.1 Å². The number of amides is 1. The summed E-state index contributed by atoms with van der Waals surface area (Å²) in [5, 5.41) is 0. The Hall–Kier alpha value is -2.60. The summed E-state index contributed by atoms with van der Waals surface area (Å²) >= 11 is 0. The summed E-state index contributed by atoms with van der Waals surface area (Å²) in [6, 6.07) is 11.5. The standard InChI is InChI=1S/C23H27N3O3/c1-24(2)14-20-18-11-17(19-4-3-5-22(27)26(19)20)12-25(13-18)23(28)16-6-7-21-15(10-16)8-9-29-21/h3-7,10,17-18,20H,8-9,11-14H2,1-2H3/t17-,18+,20+/m1/s1. The van der Waals surface area contributed by atoms with E-state index in [0.29, 0.717) is 19.7 Å². The summed E-state index contributed by atoms with van der Waals surface area (Å²) in [4.78, 5) is 30.2. The number of carbonyl (C=O) groups excluding carboxylic acids is 1. The Kier molecular flexibility index (Phi) is 4.46. The van der Waals surface area contributed by atoms with E-state index >= 15 is 0 Å². The lowest BCUT2D eigenvalue weighted by Crippen LogP contribution is -2.52. The first-order valence-corrected chi connectivity index (χ1v) is 10.4. The number of aromatic nitrogens is 1. The third-order valence-electron chi connectivity index (χ3n) is 6.57. The molecule has 152 valence electrons. The average molecular weight is 393 g/mol. The van der Waals surface area contributed by atoms with Crippen molar-refractivity contribution >= 4 is 5.91 Å². The zero-order valence-electron chi connectivity index (χ0n) is 17.0. The third kappa shape index (κ3) is 3.15. The van der Waals surface area contributed by atoms with Crippen LogP contribution in [-0.4, -0.2) is 60.6 Å². The lowest BCUT2D eigenvalue weighted by atomic mass is 9.78. The van der Waals surface area contributed by atoms with Crippen LogP contribution >= 0.6 is 0 Å². The summed E-state index contributed by atoms with van der Waals surface area (Å²) in [6.45, 7) is 2.86. The largest absolute Gasteiger partial charge is 0.493 e. The van der Waals surface area contributed by atoms with E-state index < -0.39 is 0 Å². The molecule has 0 radical (unpaired) electrons. The van der Waals surface area contributed by atoms with E-state index in [-0.39, 0.29) is 29.3 Å². The lowest BCUT2D eigenvalue weighted by molar-refractivity contribution is 0.0498. The van der Waals surface area contributed by atoms with E-state index in [1.165, 1.54) is 0 Å². The van der Waals surface area contributed by atoms with Gasteiger partial charge in [0.1, 0.15) is 5.75 Å². The van der Waals surface area contributed by atoms with Gasteiger partial charge in [-0.3, -0.25) is 9.59 Å². The van der Waals surface area contributed by atoms with Gasteiger partial charge in [0.25, 0.3) is 11.5 Å². The maximum atomic E-state index is 13.3. The summed E-state index contributed by atoms with van der Waals surface area (Å²) in [5.41, 5.74) is 3.00. The van der Waals surface area contributed by atoms with Crippen LogP contribution in [0, 0.1) is 5.92 Å². The van der Waals surface area contributed by atoms with Crippen molar-refractivity contribution in [2.24, 2.45) is 5.92 Å². The number of ether oxygens (including phenoxy) is 1. The third-order valence-corrected chi connectivity index (χ3v) is 6.57. The maximum Gasteiger partial charge on any atom is 0.253 e. The molecule has 0 N–H and O–H groups in total. The summed E-state index contributed by atoms with van der Waals surface area (Å²) in [5.74, 6) is 1.48. The highest BCUT2D eigenvalue weighted by Crippen LogP contribution is 2.41. The molecular weight excluding hydrogens is 366 g/mol. The van der Waals surface area contributed by atoms with E-state index in [9.17, 15) is 9.59 Å². The number of pyridine rings is 1. The Morgan fingerprint density at radius 2 is 2.07 bits per heavy atom. The Morgan fingerprint density at radius 3 is 2.90 bits per heavy atom. The highest BCUT2D eigenvalue weighted by molar-refractivity contribution is 5.94. The summed E-state index contributed by atoms with van der Waals surface area (Å²) in [6.07, 6.45) is 1.90. The molecule has 29 heavy (non-hydrogen) atoms. The predicted octanol–water partition coefficient (Wildman–Crippen LogP) is 2.15. The first kappa shape index (κ1) is 18.4. The van der Waals surface area contributed by atoms with Crippen LogP contribution in [-0.2, 0) is 6.42 Å². The number of nitrogens with zero attached hydrogens (tertiary/aromatic N) is 3. The minimum Gasteiger partial charge on any atom is -0.493 e. The Balaban J connectivity index is 1.47. The number of piperidine rings is 1. The second-order valence-corrected chi connectivity index (χ2v) is 8.81. The normalized spacial score (nSPS) is 24.8. The maximum absolute atomic E-state index is 13.3. The molecule has 4 heterocycles. The van der Waals surface area contributed by atoms with E-state index in [2.05, 4.69) is 11.0 Å². The van der Waals surface area contributed by atoms with Crippen LogP contribution < -0.4 is 10.3 Å². The molecule has 3 aliphatic rings. The molecule has 0 saturated carbocycles. The van der Waals surface area contributed by atoms with Crippen molar-refractivity contribution in [1.29, 1.82) is 0 Å². The van der Waals surface area contributed by atoms with E-state index in [1.54, 1.807) is 6.07 Å². The van der Waals surface area contributed by atoms with Gasteiger partial charge in [0, 0.05) is 49.3 Å². The van der Waals surface area contributed by atoms with Crippen LogP contribution in [0.15, 0.2) is 41.2 Å². The number of hydrogen-bond acceptors (Lipinski definition) is 4. The molecule has 5 rings (SSSR count). The molecule has 3 aliphatic heterocycles. The number of rotatable bonds is 3. The molecule has 2 bridgehead atoms. The van der Waals surface area contributed by atoms with Crippen LogP contribution in [0.3, 0.4) is 0 Å². The minimum absolute atomic E-state index is 0.0717. The van der Waals surface area contributed by atoms with Crippen LogP contribution in [0.25, 0.3) is 0 Å². The monoisotopic (exact) mass is 393 g/mol. The fraction of sp³-hybridized carbons (Fsp3) is 0.478. The zero-order chi connectivity index (χ0) is 20.1. The van der Waals surface area contributed by atoms with E-state index in [1.807, 2.05) is 47.8 Å². The van der Waals surface area contributed by atoms with Gasteiger partial charge in [-0.2, -0.15) is 0 Å². The number of likely N-dealkylation sites (N-methyl/N-ethyl adjacent to an activating group) is 1. The molecule has 0 unspecified atom stereocenters. The number of carbonyl (C=O) groups is 1. The molecular formula is C23H27N3O3. The highest BCUT2D eigenvalue weighted by atomic mass is 16.5. The zero-order valence-corrected chi connectivity index (χ0v) is 17.0. The quantitative estimate of drug-likeness (QED) is 0.802. The molecule has 2 aromatic rings. The number of likely N-dealkylation sites (tertiary alicyclic amines) is 1. The molecule has 1 fully saturated rings. The van der Waals surface area contributed by atoms with Gasteiger partial charge in [-0.05, 0) is 56.3 Å². The van der Waals surface area contributed by atoms with Crippen molar-refractivity contribution in [3.05, 3.63) is 63.6 Å². The first-order chi connectivity index (χ1) is 14.0. The van der Waals surface area contributed by atoms with Gasteiger partial charge in [-0.15, -0.1) is 0 Å². The summed E-state index contributed by atoms with van der Waals surface area (Å²) in [7, 11) is 4.08. The van der Waals surface area contributed by atoms with Crippen LogP contribution in [0.5, 0.6) is 5.75 Å². The fourth-order valence-corrected chi connectivity index (χ4v) is 5.32. The Labute approximate surface area is 170 Å². The van der Waals surface area contributed by atoms with Gasteiger partial charge in [-0.1, -0.05) is 6.07 Å². The fourth-order valence-electron chi connectivity index (χ4n) is 5.32. The van der Waals surface area contributed by atoms with Crippen LogP contribution in [0.2, 0.25) is 0 Å². The summed E-state index contributed by atoms with van der Waals surface area (Å²) < 4.78 is 7.57. The van der Waals surface area contributed by atoms with E-state index in [0.717, 1.165) is 42.0 Å². The molecule has 1 aromatic heterocycles. The number of hydrogen-bond donors (Lipinski definition) is 0. The molecule has 6 heteroatoms. The van der Waals surface area contributed by atoms with Crippen molar-refractivity contribution in [2.75, 3.05) is 40.3 Å². The second kappa shape index (κ2) is 7.02. The molecule has 0 aliphatic carbocycles. The van der Waals surface area contributed by atoms with E-state index in [4.69, 9.17) is 4.74 Å². The molecule has 1 saturated heterocycles. The first-order valence-electron chi connectivity index (χ1n) is 10.4. The van der Waals surface area contributed by atoms with Gasteiger partial charge in [0.05, 0.1) is 12.6 Å². The number of benzene rings is 1. The van der Waals surface area contributed by atoms with Crippen molar-refractivity contribution in [2.45, 2.75) is 24.8 Å². The molecule has 6 nitrogen and oxygen atoms in total. The van der Waals surface area contributed by atoms with Crippen molar-refractivity contribution in [3.8, 4) is 5.75 Å².